The fraction of sp³-hybridized carbons (Fsp3) is 0.276. The molecule has 0 atom stereocenters. The lowest BCUT2D eigenvalue weighted by Crippen LogP contribution is -2.33. The van der Waals surface area contributed by atoms with Crippen LogP contribution in [0.15, 0.2) is 78.9 Å². The van der Waals surface area contributed by atoms with E-state index in [-0.39, 0.29) is 30.7 Å². The first-order valence-corrected chi connectivity index (χ1v) is 12.1. The number of aromatic amines is 1. The van der Waals surface area contributed by atoms with Crippen molar-refractivity contribution in [3.05, 3.63) is 101 Å². The zero-order valence-corrected chi connectivity index (χ0v) is 22.7. The lowest BCUT2D eigenvalue weighted by molar-refractivity contribution is 0.0945. The smallest absolute Gasteiger partial charge is 0.267 e. The Morgan fingerprint density at radius 3 is 2.38 bits per heavy atom. The molecule has 1 aromatic heterocycles. The molecule has 0 radical (unpaired) electrons. The summed E-state index contributed by atoms with van der Waals surface area (Å²) in [5, 5.41) is 3.97. The zero-order valence-electron chi connectivity index (χ0n) is 21.1. The van der Waals surface area contributed by atoms with Crippen molar-refractivity contribution in [2.45, 2.75) is 26.0 Å². The lowest BCUT2D eigenvalue weighted by Gasteiger charge is -2.16. The molecule has 0 saturated heterocycles. The van der Waals surface area contributed by atoms with Crippen LogP contribution >= 0.6 is 24.8 Å². The van der Waals surface area contributed by atoms with Crippen LogP contribution in [0.5, 0.6) is 5.75 Å². The Bertz CT molecular complexity index is 1230. The number of H-pyrrole nitrogens is 1. The second-order valence-electron chi connectivity index (χ2n) is 8.89. The summed E-state index contributed by atoms with van der Waals surface area (Å²) in [5.74, 6) is 0.686. The van der Waals surface area contributed by atoms with E-state index in [2.05, 4.69) is 46.5 Å². The van der Waals surface area contributed by atoms with Gasteiger partial charge in [0.25, 0.3) is 5.91 Å². The molecular weight excluding hydrogens is 507 g/mol. The Kier molecular flexibility index (Phi) is 12.5. The fourth-order valence-electron chi connectivity index (χ4n) is 4.03. The van der Waals surface area contributed by atoms with Crippen molar-refractivity contribution >= 4 is 41.6 Å². The number of halogens is 2. The molecule has 6 nitrogen and oxygen atoms in total. The zero-order chi connectivity index (χ0) is 24.5. The molecule has 3 aromatic carbocycles. The van der Waals surface area contributed by atoms with Gasteiger partial charge in [0.05, 0.1) is 0 Å². The summed E-state index contributed by atoms with van der Waals surface area (Å²) in [6.07, 6.45) is 2.11. The van der Waals surface area contributed by atoms with E-state index in [1.165, 1.54) is 5.56 Å². The van der Waals surface area contributed by atoms with Gasteiger partial charge in [0.15, 0.2) is 0 Å². The van der Waals surface area contributed by atoms with Gasteiger partial charge in [-0.3, -0.25) is 4.79 Å². The Hall–Kier alpha value is -3.03. The van der Waals surface area contributed by atoms with Gasteiger partial charge < -0.3 is 25.7 Å². The number of aryl methyl sites for hydroxylation is 1. The monoisotopic (exact) mass is 542 g/mol. The minimum absolute atomic E-state index is 0. The molecule has 0 aliphatic rings. The highest BCUT2D eigenvalue weighted by Gasteiger charge is 2.10. The molecule has 0 aliphatic heterocycles. The molecule has 0 aliphatic carbocycles. The van der Waals surface area contributed by atoms with E-state index >= 15 is 0 Å². The molecule has 4 N–H and O–H groups in total. The number of fused-ring (bicyclic) bond motifs is 1. The maximum atomic E-state index is 12.6. The molecule has 8 heteroatoms. The van der Waals surface area contributed by atoms with E-state index in [1.807, 2.05) is 54.6 Å². The van der Waals surface area contributed by atoms with Crippen LogP contribution in [0.3, 0.4) is 0 Å². The Morgan fingerprint density at radius 2 is 1.65 bits per heavy atom. The van der Waals surface area contributed by atoms with Crippen LogP contribution in [-0.2, 0) is 19.6 Å². The van der Waals surface area contributed by atoms with Gasteiger partial charge in [-0.25, -0.2) is 0 Å². The first-order chi connectivity index (χ1) is 17.1. The van der Waals surface area contributed by atoms with Crippen LogP contribution in [0.2, 0.25) is 0 Å². The number of nitrogens with one attached hydrogen (secondary N) is 2. The van der Waals surface area contributed by atoms with Crippen LogP contribution in [0.25, 0.3) is 10.9 Å². The summed E-state index contributed by atoms with van der Waals surface area (Å²) < 4.78 is 5.91. The average Bonchev–Trinajstić information content (AvgIpc) is 3.32. The predicted octanol–water partition coefficient (Wildman–Crippen LogP) is 5.34. The third-order valence-electron chi connectivity index (χ3n) is 6.13. The van der Waals surface area contributed by atoms with Crippen molar-refractivity contribution in [3.63, 3.8) is 0 Å². The number of ether oxygens (including phenoxy) is 1. The quantitative estimate of drug-likeness (QED) is 0.225. The highest BCUT2D eigenvalue weighted by atomic mass is 35.5. The summed E-state index contributed by atoms with van der Waals surface area (Å²) in [7, 11) is 2.09. The van der Waals surface area contributed by atoms with Gasteiger partial charge >= 0.3 is 0 Å². The summed E-state index contributed by atoms with van der Waals surface area (Å²) in [6, 6.07) is 26.3. The molecule has 4 aromatic rings. The number of carbonyl (C=O) groups excluding carboxylic acids is 1. The van der Waals surface area contributed by atoms with Crippen molar-refractivity contribution in [2.24, 2.45) is 5.73 Å². The van der Waals surface area contributed by atoms with Crippen LogP contribution in [0.4, 0.5) is 0 Å². The molecule has 0 unspecified atom stereocenters. The number of nitrogens with zero attached hydrogens (tertiary/aromatic N) is 1. The molecule has 0 fully saturated rings. The van der Waals surface area contributed by atoms with Crippen molar-refractivity contribution in [1.29, 1.82) is 0 Å². The highest BCUT2D eigenvalue weighted by Crippen LogP contribution is 2.22. The van der Waals surface area contributed by atoms with Gasteiger partial charge in [-0.15, -0.1) is 24.8 Å². The van der Waals surface area contributed by atoms with Gasteiger partial charge in [0.1, 0.15) is 18.1 Å². The molecule has 0 spiro atoms. The van der Waals surface area contributed by atoms with E-state index in [0.29, 0.717) is 25.4 Å². The van der Waals surface area contributed by atoms with Crippen molar-refractivity contribution < 1.29 is 9.53 Å². The summed E-state index contributed by atoms with van der Waals surface area (Å²) >= 11 is 0. The molecule has 4 rings (SSSR count). The first-order valence-electron chi connectivity index (χ1n) is 12.1. The topological polar surface area (TPSA) is 83.4 Å². The first kappa shape index (κ1) is 30.2. The highest BCUT2D eigenvalue weighted by molar-refractivity contribution is 5.98. The van der Waals surface area contributed by atoms with Crippen molar-refractivity contribution in [3.8, 4) is 5.75 Å². The van der Waals surface area contributed by atoms with Crippen LogP contribution in [0, 0.1) is 0 Å². The van der Waals surface area contributed by atoms with E-state index in [1.54, 1.807) is 0 Å². The molecule has 1 heterocycles. The molecule has 0 saturated carbocycles. The average molecular weight is 544 g/mol. The van der Waals surface area contributed by atoms with Gasteiger partial charge in [-0.2, -0.15) is 0 Å². The third-order valence-corrected chi connectivity index (χ3v) is 6.13. The second-order valence-corrected chi connectivity index (χ2v) is 8.89. The standard InChI is InChI=1S/C29H34N4O2.2ClH/c1-33(16-5-8-22-9-11-23(20-30)12-10-22)17-15-31-29(34)28-19-25-18-26(13-14-27(25)32-28)35-21-24-6-3-2-4-7-24;;/h2-4,6-7,9-14,18-19,32H,5,8,15-17,20-21,30H2,1H3,(H,31,34);2*1H. The SMILES string of the molecule is CN(CCCc1ccc(CN)cc1)CCNC(=O)c1cc2cc(OCc3ccccc3)ccc2[nH]1.Cl.Cl. The summed E-state index contributed by atoms with van der Waals surface area (Å²) in [5.41, 5.74) is 10.7. The minimum Gasteiger partial charge on any atom is -0.489 e. The fourth-order valence-corrected chi connectivity index (χ4v) is 4.03. The van der Waals surface area contributed by atoms with Gasteiger partial charge in [0, 0.05) is 30.5 Å². The number of aromatic nitrogens is 1. The number of nitrogens with two attached hydrogens (primary N) is 1. The number of benzene rings is 3. The van der Waals surface area contributed by atoms with E-state index in [4.69, 9.17) is 10.5 Å². The van der Waals surface area contributed by atoms with Crippen LogP contribution in [0.1, 0.15) is 33.6 Å². The summed E-state index contributed by atoms with van der Waals surface area (Å²) in [4.78, 5) is 18.1. The van der Waals surface area contributed by atoms with Gasteiger partial charge in [0.2, 0.25) is 0 Å². The Balaban J connectivity index is 0.00000241. The lowest BCUT2D eigenvalue weighted by atomic mass is 10.1. The number of amides is 1. The Labute approximate surface area is 231 Å². The maximum absolute atomic E-state index is 12.6. The van der Waals surface area contributed by atoms with E-state index in [0.717, 1.165) is 53.7 Å². The van der Waals surface area contributed by atoms with Crippen LogP contribution < -0.4 is 15.8 Å². The number of likely N-dealkylation sites (N-methyl/N-ethyl adjacent to an activating group) is 1. The largest absolute Gasteiger partial charge is 0.489 e. The number of carbonyl (C=O) groups is 1. The molecule has 37 heavy (non-hydrogen) atoms. The summed E-state index contributed by atoms with van der Waals surface area (Å²) in [6.45, 7) is 3.47. The number of hydrogen-bond donors (Lipinski definition) is 3. The normalized spacial score (nSPS) is 10.6. The molecule has 1 amide bonds. The van der Waals surface area contributed by atoms with Gasteiger partial charge in [-0.05, 0) is 67.4 Å². The third kappa shape index (κ3) is 9.09. The molecule has 0 bridgehead atoms. The number of hydrogen-bond acceptors (Lipinski definition) is 4. The van der Waals surface area contributed by atoms with Crippen molar-refractivity contribution in [2.75, 3.05) is 26.7 Å². The van der Waals surface area contributed by atoms with E-state index < -0.39 is 0 Å². The molecular formula is C29H36Cl2N4O2. The minimum atomic E-state index is -0.0960. The van der Waals surface area contributed by atoms with Gasteiger partial charge in [-0.1, -0.05) is 54.6 Å². The molecule has 198 valence electrons. The predicted molar refractivity (Wildman–Crippen MR) is 156 cm³/mol. The van der Waals surface area contributed by atoms with Crippen molar-refractivity contribution in [1.82, 2.24) is 15.2 Å². The van der Waals surface area contributed by atoms with Crippen LogP contribution in [-0.4, -0.2) is 42.5 Å². The second kappa shape index (κ2) is 15.3. The van der Waals surface area contributed by atoms with E-state index in [9.17, 15) is 4.79 Å². The Morgan fingerprint density at radius 1 is 0.919 bits per heavy atom. The number of rotatable bonds is 12. The maximum Gasteiger partial charge on any atom is 0.267 e.